The Morgan fingerprint density at radius 2 is 1.64 bits per heavy atom. The zero-order valence-electron chi connectivity index (χ0n) is 19.1. The van der Waals surface area contributed by atoms with Gasteiger partial charge in [0.05, 0.1) is 12.1 Å². The Bertz CT molecular complexity index is 1290. The number of hydrogen-bond donors (Lipinski definition) is 2. The van der Waals surface area contributed by atoms with E-state index in [0.717, 1.165) is 12.8 Å². The topological polar surface area (TPSA) is 87.7 Å². The van der Waals surface area contributed by atoms with E-state index in [2.05, 4.69) is 10.6 Å². The number of amides is 3. The van der Waals surface area contributed by atoms with Crippen LogP contribution in [-0.2, 0) is 16.1 Å². The third-order valence-corrected chi connectivity index (χ3v) is 6.16. The normalized spacial score (nSPS) is 19.1. The number of rotatable bonds is 7. The number of ether oxygens (including phenoxy) is 1. The molecule has 1 aliphatic carbocycles. The first-order chi connectivity index (χ1) is 17.4. The number of anilines is 1. The van der Waals surface area contributed by atoms with Crippen molar-refractivity contribution in [3.05, 3.63) is 101 Å². The van der Waals surface area contributed by atoms with Gasteiger partial charge in [0.25, 0.3) is 5.91 Å². The first kappa shape index (κ1) is 23.5. The molecule has 2 N–H and O–H groups in total. The van der Waals surface area contributed by atoms with E-state index in [1.165, 1.54) is 35.2 Å². The van der Waals surface area contributed by atoms with Gasteiger partial charge in [-0.1, -0.05) is 36.4 Å². The molecule has 1 saturated carbocycles. The van der Waals surface area contributed by atoms with Gasteiger partial charge in [-0.15, -0.1) is 0 Å². The molecule has 1 heterocycles. The van der Waals surface area contributed by atoms with Crippen LogP contribution < -0.4 is 10.6 Å². The van der Waals surface area contributed by atoms with Crippen LogP contribution >= 0.6 is 0 Å². The summed E-state index contributed by atoms with van der Waals surface area (Å²) in [4.78, 5) is 39.7. The van der Waals surface area contributed by atoms with Crippen LogP contribution in [0.2, 0.25) is 0 Å². The van der Waals surface area contributed by atoms with E-state index in [0.29, 0.717) is 16.8 Å². The highest BCUT2D eigenvalue weighted by Gasteiger charge is 2.47. The molecule has 7 nitrogen and oxygen atoms in total. The second-order valence-electron chi connectivity index (χ2n) is 8.84. The van der Waals surface area contributed by atoms with Gasteiger partial charge in [-0.3, -0.25) is 14.5 Å². The van der Waals surface area contributed by atoms with Gasteiger partial charge in [0, 0.05) is 11.7 Å². The summed E-state index contributed by atoms with van der Waals surface area (Å²) >= 11 is 0. The highest BCUT2D eigenvalue weighted by atomic mass is 19.1. The molecule has 1 aliphatic heterocycles. The fourth-order valence-electron chi connectivity index (χ4n) is 4.11. The standard InChI is InChI=1S/C27H23F2N3O4/c28-18-9-5-16(6-10-18)15-32-23(26(34)31-20-13-14-20)24(36-27(32)35)17-7-11-19(12-8-17)30-25(33)21-3-1-2-4-22(21)29/h1-12,20,23-24H,13-15H2,(H,30,33)(H,31,34). The highest BCUT2D eigenvalue weighted by Crippen LogP contribution is 2.35. The largest absolute Gasteiger partial charge is 0.438 e. The molecule has 9 heteroatoms. The van der Waals surface area contributed by atoms with Crippen molar-refractivity contribution in [3.63, 3.8) is 0 Å². The molecule has 0 radical (unpaired) electrons. The van der Waals surface area contributed by atoms with Crippen LogP contribution in [0.25, 0.3) is 0 Å². The molecule has 3 aromatic carbocycles. The van der Waals surface area contributed by atoms with Crippen molar-refractivity contribution >= 4 is 23.6 Å². The monoisotopic (exact) mass is 491 g/mol. The number of carbonyl (C=O) groups excluding carboxylic acids is 3. The summed E-state index contributed by atoms with van der Waals surface area (Å²) in [6, 6.07) is 17.0. The van der Waals surface area contributed by atoms with E-state index in [1.54, 1.807) is 42.5 Å². The van der Waals surface area contributed by atoms with Crippen molar-refractivity contribution in [2.75, 3.05) is 5.32 Å². The lowest BCUT2D eigenvalue weighted by Gasteiger charge is -2.24. The van der Waals surface area contributed by atoms with Gasteiger partial charge in [0.15, 0.2) is 12.1 Å². The quantitative estimate of drug-likeness (QED) is 0.507. The second kappa shape index (κ2) is 9.77. The van der Waals surface area contributed by atoms with Gasteiger partial charge in [0.2, 0.25) is 5.91 Å². The molecule has 184 valence electrons. The average molecular weight is 491 g/mol. The molecule has 0 spiro atoms. The number of carbonyl (C=O) groups is 3. The lowest BCUT2D eigenvalue weighted by atomic mass is 10.00. The Morgan fingerprint density at radius 3 is 2.31 bits per heavy atom. The molecular weight excluding hydrogens is 468 g/mol. The van der Waals surface area contributed by atoms with Gasteiger partial charge in [0.1, 0.15) is 11.6 Å². The summed E-state index contributed by atoms with van der Waals surface area (Å²) in [5, 5.41) is 5.57. The molecule has 2 aliphatic rings. The number of nitrogens with one attached hydrogen (secondary N) is 2. The van der Waals surface area contributed by atoms with Gasteiger partial charge in [-0.05, 0) is 60.4 Å². The molecule has 2 fully saturated rings. The van der Waals surface area contributed by atoms with E-state index < -0.39 is 35.8 Å². The molecule has 36 heavy (non-hydrogen) atoms. The third-order valence-electron chi connectivity index (χ3n) is 6.16. The third kappa shape index (κ3) is 5.05. The average Bonchev–Trinajstić information content (AvgIpc) is 3.62. The van der Waals surface area contributed by atoms with Crippen molar-refractivity contribution in [3.8, 4) is 0 Å². The van der Waals surface area contributed by atoms with Crippen LogP contribution in [0.5, 0.6) is 0 Å². The first-order valence-corrected chi connectivity index (χ1v) is 11.6. The fraction of sp³-hybridized carbons (Fsp3) is 0.222. The Hall–Kier alpha value is -4.27. The SMILES string of the molecule is O=C(Nc1ccc(C2OC(=O)N(Cc3ccc(F)cc3)C2C(=O)NC2CC2)cc1)c1ccccc1F. The molecule has 3 amide bonds. The molecular formula is C27H23F2N3O4. The molecule has 0 bridgehead atoms. The van der Waals surface area contributed by atoms with Crippen molar-refractivity contribution in [1.82, 2.24) is 10.2 Å². The maximum atomic E-state index is 13.9. The van der Waals surface area contributed by atoms with Gasteiger partial charge in [-0.2, -0.15) is 0 Å². The zero-order valence-corrected chi connectivity index (χ0v) is 19.1. The first-order valence-electron chi connectivity index (χ1n) is 11.6. The summed E-state index contributed by atoms with van der Waals surface area (Å²) in [7, 11) is 0. The van der Waals surface area contributed by atoms with Crippen molar-refractivity contribution in [1.29, 1.82) is 0 Å². The zero-order chi connectivity index (χ0) is 25.2. The predicted molar refractivity (Wildman–Crippen MR) is 127 cm³/mol. The number of benzene rings is 3. The summed E-state index contributed by atoms with van der Waals surface area (Å²) in [5.74, 6) is -1.95. The van der Waals surface area contributed by atoms with Crippen LogP contribution in [-0.4, -0.2) is 34.9 Å². The maximum absolute atomic E-state index is 13.9. The van der Waals surface area contributed by atoms with Gasteiger partial charge in [-0.25, -0.2) is 13.6 Å². The minimum atomic E-state index is -0.929. The summed E-state index contributed by atoms with van der Waals surface area (Å²) in [6.45, 7) is 0.0785. The maximum Gasteiger partial charge on any atom is 0.411 e. The van der Waals surface area contributed by atoms with Crippen LogP contribution in [0.3, 0.4) is 0 Å². The summed E-state index contributed by atoms with van der Waals surface area (Å²) < 4.78 is 32.8. The Labute approximate surface area is 206 Å². The van der Waals surface area contributed by atoms with Crippen LogP contribution in [0.4, 0.5) is 19.3 Å². The van der Waals surface area contributed by atoms with Crippen LogP contribution in [0, 0.1) is 11.6 Å². The Morgan fingerprint density at radius 1 is 0.944 bits per heavy atom. The number of nitrogens with zero attached hydrogens (tertiary/aromatic N) is 1. The summed E-state index contributed by atoms with van der Waals surface area (Å²) in [6.07, 6.45) is 0.226. The highest BCUT2D eigenvalue weighted by molar-refractivity contribution is 6.04. The van der Waals surface area contributed by atoms with Crippen molar-refractivity contribution < 1.29 is 27.9 Å². The Kier molecular flexibility index (Phi) is 6.37. The summed E-state index contributed by atoms with van der Waals surface area (Å²) in [5.41, 5.74) is 1.55. The molecule has 0 aromatic heterocycles. The van der Waals surface area contributed by atoms with E-state index in [-0.39, 0.29) is 24.1 Å². The minimum absolute atomic E-state index is 0.0785. The molecule has 2 unspecified atom stereocenters. The molecule has 1 saturated heterocycles. The number of halogens is 2. The fourth-order valence-corrected chi connectivity index (χ4v) is 4.11. The number of cyclic esters (lactones) is 1. The van der Waals surface area contributed by atoms with E-state index in [4.69, 9.17) is 4.74 Å². The smallest absolute Gasteiger partial charge is 0.411 e. The van der Waals surface area contributed by atoms with E-state index >= 15 is 0 Å². The number of hydrogen-bond acceptors (Lipinski definition) is 4. The van der Waals surface area contributed by atoms with Crippen molar-refractivity contribution in [2.45, 2.75) is 37.6 Å². The lowest BCUT2D eigenvalue weighted by Crippen LogP contribution is -2.46. The molecule has 2 atom stereocenters. The minimum Gasteiger partial charge on any atom is -0.438 e. The van der Waals surface area contributed by atoms with Crippen LogP contribution in [0.15, 0.2) is 72.8 Å². The molecule has 3 aromatic rings. The van der Waals surface area contributed by atoms with Gasteiger partial charge >= 0.3 is 6.09 Å². The predicted octanol–water partition coefficient (Wildman–Crippen LogP) is 4.56. The van der Waals surface area contributed by atoms with Gasteiger partial charge < -0.3 is 15.4 Å². The molecule has 5 rings (SSSR count). The Balaban J connectivity index is 1.36. The van der Waals surface area contributed by atoms with Crippen molar-refractivity contribution in [2.24, 2.45) is 0 Å². The van der Waals surface area contributed by atoms with E-state index in [9.17, 15) is 23.2 Å². The second-order valence-corrected chi connectivity index (χ2v) is 8.84. The van der Waals surface area contributed by atoms with E-state index in [1.807, 2.05) is 0 Å². The lowest BCUT2D eigenvalue weighted by molar-refractivity contribution is -0.126. The van der Waals surface area contributed by atoms with Crippen LogP contribution in [0.1, 0.15) is 40.4 Å².